The average molecular weight is 400 g/mol. The summed E-state index contributed by atoms with van der Waals surface area (Å²) in [5, 5.41) is 3.18. The molecule has 1 nitrogen and oxygen atoms in total. The van der Waals surface area contributed by atoms with Gasteiger partial charge in [0.05, 0.1) is 0 Å². The van der Waals surface area contributed by atoms with Crippen LogP contribution in [0.25, 0.3) is 11.1 Å². The first-order chi connectivity index (χ1) is 14.4. The van der Waals surface area contributed by atoms with E-state index in [4.69, 9.17) is 6.42 Å². The maximum atomic E-state index is 5.37. The van der Waals surface area contributed by atoms with Crippen molar-refractivity contribution >= 4 is 0 Å². The van der Waals surface area contributed by atoms with E-state index in [0.717, 1.165) is 18.4 Å². The van der Waals surface area contributed by atoms with Crippen molar-refractivity contribution in [1.29, 1.82) is 0 Å². The van der Waals surface area contributed by atoms with Crippen LogP contribution < -0.4 is 5.32 Å². The summed E-state index contributed by atoms with van der Waals surface area (Å²) in [4.78, 5) is 0. The standard InChI is InChI=1S/C15H12.C9H15N.C5H10/c1-3-13-5-4-6-15(11-13)14-9-7-12(2)8-10-14;1-7-4-8(2)6-9(5-7)10-3;1-3-5-4-2/h1,4-11H,2H3;4-5,8,10H,6H2,1-3H3;3H,1,4-5H2,2H3. The van der Waals surface area contributed by atoms with Crippen LogP contribution in [0.2, 0.25) is 0 Å². The van der Waals surface area contributed by atoms with E-state index in [-0.39, 0.29) is 0 Å². The number of rotatable bonds is 4. The lowest BCUT2D eigenvalue weighted by atomic mass is 9.96. The Labute approximate surface area is 184 Å². The van der Waals surface area contributed by atoms with Gasteiger partial charge in [0.2, 0.25) is 0 Å². The summed E-state index contributed by atoms with van der Waals surface area (Å²) in [6.45, 7) is 12.2. The Morgan fingerprint density at radius 2 is 1.83 bits per heavy atom. The number of unbranched alkanes of at least 4 members (excludes halogenated alkanes) is 1. The van der Waals surface area contributed by atoms with Gasteiger partial charge in [-0.3, -0.25) is 0 Å². The normalized spacial score (nSPS) is 14.5. The van der Waals surface area contributed by atoms with E-state index < -0.39 is 0 Å². The van der Waals surface area contributed by atoms with Gasteiger partial charge in [-0.2, -0.15) is 0 Å². The largest absolute Gasteiger partial charge is 0.391 e. The van der Waals surface area contributed by atoms with E-state index >= 15 is 0 Å². The number of hydrogen-bond donors (Lipinski definition) is 1. The van der Waals surface area contributed by atoms with Gasteiger partial charge in [0.1, 0.15) is 0 Å². The van der Waals surface area contributed by atoms with Crippen molar-refractivity contribution in [1.82, 2.24) is 5.32 Å². The monoisotopic (exact) mass is 399 g/mol. The summed E-state index contributed by atoms with van der Waals surface area (Å²) < 4.78 is 0. The topological polar surface area (TPSA) is 12.0 Å². The molecule has 0 radical (unpaired) electrons. The number of allylic oxidation sites excluding steroid dienone is 5. The Morgan fingerprint density at radius 1 is 1.13 bits per heavy atom. The van der Waals surface area contributed by atoms with Crippen molar-refractivity contribution < 1.29 is 0 Å². The third-order valence-electron chi connectivity index (χ3n) is 4.72. The molecular formula is C29H37N. The van der Waals surface area contributed by atoms with Crippen molar-refractivity contribution in [2.45, 2.75) is 47.0 Å². The minimum absolute atomic E-state index is 0.701. The number of terminal acetylenes is 1. The zero-order valence-corrected chi connectivity index (χ0v) is 19.3. The zero-order chi connectivity index (χ0) is 22.4. The number of nitrogens with one attached hydrogen (secondary N) is 1. The van der Waals surface area contributed by atoms with Crippen molar-refractivity contribution in [3.63, 3.8) is 0 Å². The second-order valence-corrected chi connectivity index (χ2v) is 7.68. The smallest absolute Gasteiger partial charge is 0.0248 e. The minimum atomic E-state index is 0.701. The molecule has 0 amide bonds. The molecule has 0 spiro atoms. The van der Waals surface area contributed by atoms with Gasteiger partial charge in [0, 0.05) is 18.3 Å². The van der Waals surface area contributed by atoms with Gasteiger partial charge in [-0.25, -0.2) is 0 Å². The summed E-state index contributed by atoms with van der Waals surface area (Å²) in [6, 6.07) is 16.5. The summed E-state index contributed by atoms with van der Waals surface area (Å²) in [6.07, 6.45) is 15.4. The lowest BCUT2D eigenvalue weighted by molar-refractivity contribution is 0.665. The summed E-state index contributed by atoms with van der Waals surface area (Å²) >= 11 is 0. The first-order valence-corrected chi connectivity index (χ1v) is 10.7. The van der Waals surface area contributed by atoms with Crippen LogP contribution in [0.4, 0.5) is 0 Å². The molecule has 0 saturated heterocycles. The molecule has 1 atom stereocenters. The van der Waals surface area contributed by atoms with E-state index in [1.165, 1.54) is 34.4 Å². The second kappa shape index (κ2) is 14.1. The van der Waals surface area contributed by atoms with Gasteiger partial charge in [-0.15, -0.1) is 13.0 Å². The van der Waals surface area contributed by atoms with Crippen molar-refractivity contribution in [2.24, 2.45) is 5.92 Å². The Kier molecular flexibility index (Phi) is 11.8. The molecule has 158 valence electrons. The fourth-order valence-corrected chi connectivity index (χ4v) is 3.15. The number of hydrogen-bond acceptors (Lipinski definition) is 1. The van der Waals surface area contributed by atoms with Crippen LogP contribution in [-0.4, -0.2) is 7.05 Å². The van der Waals surface area contributed by atoms with Crippen LogP contribution >= 0.6 is 0 Å². The van der Waals surface area contributed by atoms with Crippen molar-refractivity contribution in [3.05, 3.63) is 95.7 Å². The first-order valence-electron chi connectivity index (χ1n) is 10.7. The summed E-state index contributed by atoms with van der Waals surface area (Å²) in [5.74, 6) is 3.35. The molecule has 0 aliphatic heterocycles. The zero-order valence-electron chi connectivity index (χ0n) is 19.3. The van der Waals surface area contributed by atoms with Crippen LogP contribution in [-0.2, 0) is 0 Å². The molecule has 0 fully saturated rings. The van der Waals surface area contributed by atoms with Gasteiger partial charge >= 0.3 is 0 Å². The predicted octanol–water partition coefficient (Wildman–Crippen LogP) is 7.69. The second-order valence-electron chi connectivity index (χ2n) is 7.68. The van der Waals surface area contributed by atoms with E-state index in [0.29, 0.717) is 5.92 Å². The quantitative estimate of drug-likeness (QED) is 0.410. The highest BCUT2D eigenvalue weighted by atomic mass is 14.8. The number of aryl methyl sites for hydroxylation is 1. The van der Waals surface area contributed by atoms with E-state index in [1.54, 1.807) is 0 Å². The van der Waals surface area contributed by atoms with Crippen LogP contribution in [0, 0.1) is 25.2 Å². The Bertz CT molecular complexity index is 875. The van der Waals surface area contributed by atoms with Crippen LogP contribution in [0.5, 0.6) is 0 Å². The highest BCUT2D eigenvalue weighted by Crippen LogP contribution is 2.21. The summed E-state index contributed by atoms with van der Waals surface area (Å²) in [7, 11) is 1.98. The maximum Gasteiger partial charge on any atom is 0.0248 e. The van der Waals surface area contributed by atoms with Crippen molar-refractivity contribution in [2.75, 3.05) is 7.05 Å². The van der Waals surface area contributed by atoms with E-state index in [1.807, 2.05) is 31.3 Å². The molecule has 1 N–H and O–H groups in total. The van der Waals surface area contributed by atoms with Crippen LogP contribution in [0.3, 0.4) is 0 Å². The molecule has 2 aromatic carbocycles. The fourth-order valence-electron chi connectivity index (χ4n) is 3.15. The molecule has 1 heteroatoms. The van der Waals surface area contributed by atoms with Gasteiger partial charge in [-0.05, 0) is 61.9 Å². The number of benzene rings is 2. The van der Waals surface area contributed by atoms with E-state index in [2.05, 4.69) is 88.0 Å². The Morgan fingerprint density at radius 3 is 2.33 bits per heavy atom. The first kappa shape index (κ1) is 25.1. The molecule has 2 aromatic rings. The third kappa shape index (κ3) is 9.48. The van der Waals surface area contributed by atoms with Gasteiger partial charge in [0.25, 0.3) is 0 Å². The molecule has 0 aromatic heterocycles. The molecule has 3 rings (SSSR count). The molecule has 0 bridgehead atoms. The predicted molar refractivity (Wildman–Crippen MR) is 134 cm³/mol. The maximum absolute atomic E-state index is 5.37. The molecule has 1 aliphatic rings. The van der Waals surface area contributed by atoms with Gasteiger partial charge < -0.3 is 5.32 Å². The van der Waals surface area contributed by atoms with Crippen molar-refractivity contribution in [3.8, 4) is 23.5 Å². The highest BCUT2D eigenvalue weighted by Gasteiger charge is 2.06. The van der Waals surface area contributed by atoms with Crippen LogP contribution in [0.1, 0.15) is 51.2 Å². The molecule has 30 heavy (non-hydrogen) atoms. The molecule has 1 aliphatic carbocycles. The highest BCUT2D eigenvalue weighted by molar-refractivity contribution is 5.65. The Balaban J connectivity index is 0.000000259. The lowest BCUT2D eigenvalue weighted by Gasteiger charge is -2.16. The minimum Gasteiger partial charge on any atom is -0.391 e. The Hall–Kier alpha value is -2.98. The lowest BCUT2D eigenvalue weighted by Crippen LogP contribution is -2.11. The average Bonchev–Trinajstić information content (AvgIpc) is 2.75. The third-order valence-corrected chi connectivity index (χ3v) is 4.72. The van der Waals surface area contributed by atoms with Crippen LogP contribution in [0.15, 0.2) is 84.6 Å². The molecule has 0 heterocycles. The van der Waals surface area contributed by atoms with Gasteiger partial charge in [-0.1, -0.05) is 85.9 Å². The van der Waals surface area contributed by atoms with E-state index in [9.17, 15) is 0 Å². The molecular weight excluding hydrogens is 362 g/mol. The summed E-state index contributed by atoms with van der Waals surface area (Å²) in [5.41, 5.74) is 7.30. The SMILES string of the molecule is C#Cc1cccc(-c2ccc(C)cc2)c1.C=CCCC.CNC1=CC(C)=CC(C)C1. The van der Waals surface area contributed by atoms with Gasteiger partial charge in [0.15, 0.2) is 0 Å². The molecule has 0 saturated carbocycles. The molecule has 1 unspecified atom stereocenters. The fraction of sp³-hybridized carbons (Fsp3) is 0.310.